The Kier molecular flexibility index (Phi) is 4.77. The second-order valence-electron chi connectivity index (χ2n) is 9.33. The summed E-state index contributed by atoms with van der Waals surface area (Å²) in [6.07, 6.45) is 5.42. The Hall–Kier alpha value is -1.88. The first-order valence-corrected chi connectivity index (χ1v) is 11.0. The number of carbonyl (C=O) groups is 1. The highest BCUT2D eigenvalue weighted by molar-refractivity contribution is 8.18. The molecule has 5 heteroatoms. The number of fused-ring (bicyclic) bond motifs is 2. The van der Waals surface area contributed by atoms with Gasteiger partial charge in [-0.3, -0.25) is 10.1 Å². The lowest BCUT2D eigenvalue weighted by atomic mass is 9.70. The zero-order valence-corrected chi connectivity index (χ0v) is 18.2. The second kappa shape index (κ2) is 6.87. The number of nitrogens with zero attached hydrogens (tertiary/aromatic N) is 2. The summed E-state index contributed by atoms with van der Waals surface area (Å²) >= 11 is 1.37. The lowest BCUT2D eigenvalue weighted by molar-refractivity contribution is -0.115. The first kappa shape index (κ1) is 19.4. The molecule has 1 saturated heterocycles. The molecule has 4 rings (SSSR count). The molecule has 0 aromatic heterocycles. The van der Waals surface area contributed by atoms with Crippen LogP contribution >= 0.6 is 11.8 Å². The maximum Gasteiger partial charge on any atom is 0.264 e. The average molecular weight is 396 g/mol. The van der Waals surface area contributed by atoms with Crippen LogP contribution in [-0.2, 0) is 4.79 Å². The summed E-state index contributed by atoms with van der Waals surface area (Å²) in [5, 5.41) is 12.4. The monoisotopic (exact) mass is 395 g/mol. The van der Waals surface area contributed by atoms with E-state index in [0.29, 0.717) is 21.9 Å². The van der Waals surface area contributed by atoms with E-state index in [4.69, 9.17) is 0 Å². The predicted octanol–water partition coefficient (Wildman–Crippen LogP) is 5.57. The summed E-state index contributed by atoms with van der Waals surface area (Å²) in [7, 11) is 0. The molecule has 1 heterocycles. The summed E-state index contributed by atoms with van der Waals surface area (Å²) in [4.78, 5) is 13.0. The number of carbonyl (C=O) groups excluding carboxylic acids is 1. The van der Waals surface area contributed by atoms with Crippen LogP contribution in [0.2, 0.25) is 0 Å². The summed E-state index contributed by atoms with van der Waals surface area (Å²) < 4.78 is 0. The van der Waals surface area contributed by atoms with Crippen LogP contribution in [0.25, 0.3) is 6.08 Å². The molecule has 1 amide bonds. The molecule has 0 radical (unpaired) electrons. The van der Waals surface area contributed by atoms with E-state index in [-0.39, 0.29) is 16.7 Å². The van der Waals surface area contributed by atoms with Crippen LogP contribution in [0.1, 0.15) is 70.9 Å². The van der Waals surface area contributed by atoms with Crippen molar-refractivity contribution in [1.29, 1.82) is 0 Å². The van der Waals surface area contributed by atoms with E-state index in [1.165, 1.54) is 35.9 Å². The molecule has 2 aliphatic carbocycles. The van der Waals surface area contributed by atoms with Crippen molar-refractivity contribution in [1.82, 2.24) is 5.32 Å². The molecule has 1 aromatic carbocycles. The van der Waals surface area contributed by atoms with Gasteiger partial charge in [0, 0.05) is 11.1 Å². The van der Waals surface area contributed by atoms with Gasteiger partial charge in [-0.05, 0) is 65.5 Å². The lowest BCUT2D eigenvalue weighted by Crippen LogP contribution is -2.32. The van der Waals surface area contributed by atoms with Crippen molar-refractivity contribution in [2.24, 2.45) is 27.0 Å². The zero-order valence-electron chi connectivity index (χ0n) is 17.4. The minimum absolute atomic E-state index is 0.101. The van der Waals surface area contributed by atoms with Gasteiger partial charge in [-0.1, -0.05) is 58.9 Å². The third kappa shape index (κ3) is 3.14. The smallest absolute Gasteiger partial charge is 0.264 e. The average Bonchev–Trinajstić information content (AvgIpc) is 3.17. The van der Waals surface area contributed by atoms with Crippen LogP contribution < -0.4 is 5.32 Å². The largest absolute Gasteiger partial charge is 0.299 e. The molecule has 3 fully saturated rings. The highest BCUT2D eigenvalue weighted by Gasteiger charge is 2.60. The first-order valence-electron chi connectivity index (χ1n) is 10.2. The standard InChI is InChI=1S/C23H29N3OS/c1-14(2)16-8-6-15(7-9-16)12-18-20(27)24-21(28-18)26-25-19-13-17-10-11-23(19,5)22(17,3)4/h6-9,12,14,17H,10-11,13H2,1-5H3,(H,24,26,27)/b18-12+,25-19?/t17-,23-/m1/s1. The van der Waals surface area contributed by atoms with Crippen LogP contribution in [-0.4, -0.2) is 16.8 Å². The van der Waals surface area contributed by atoms with Gasteiger partial charge in [-0.15, -0.1) is 5.10 Å². The molecule has 4 nitrogen and oxygen atoms in total. The van der Waals surface area contributed by atoms with Crippen LogP contribution in [0.5, 0.6) is 0 Å². The second-order valence-corrected chi connectivity index (χ2v) is 10.4. The molecule has 0 spiro atoms. The van der Waals surface area contributed by atoms with E-state index >= 15 is 0 Å². The molecular formula is C23H29N3OS. The number of hydrogen-bond donors (Lipinski definition) is 1. The fraction of sp³-hybridized carbons (Fsp3) is 0.522. The van der Waals surface area contributed by atoms with Gasteiger partial charge < -0.3 is 0 Å². The maximum absolute atomic E-state index is 12.3. The zero-order chi connectivity index (χ0) is 20.1. The number of rotatable bonds is 3. The Balaban J connectivity index is 1.51. The van der Waals surface area contributed by atoms with Crippen molar-refractivity contribution in [2.75, 3.05) is 0 Å². The maximum atomic E-state index is 12.3. The molecule has 0 unspecified atom stereocenters. The van der Waals surface area contributed by atoms with Crippen molar-refractivity contribution in [3.05, 3.63) is 40.3 Å². The van der Waals surface area contributed by atoms with Crippen LogP contribution in [0, 0.1) is 16.7 Å². The van der Waals surface area contributed by atoms with Crippen LogP contribution in [0.3, 0.4) is 0 Å². The van der Waals surface area contributed by atoms with Crippen LogP contribution in [0.4, 0.5) is 0 Å². The van der Waals surface area contributed by atoms with E-state index in [1.807, 2.05) is 6.08 Å². The highest BCUT2D eigenvalue weighted by atomic mass is 32.2. The Labute approximate surface area is 172 Å². The lowest BCUT2D eigenvalue weighted by Gasteiger charge is -2.34. The van der Waals surface area contributed by atoms with Crippen LogP contribution in [0.15, 0.2) is 39.4 Å². The fourth-order valence-electron chi connectivity index (χ4n) is 4.79. The van der Waals surface area contributed by atoms with Gasteiger partial charge >= 0.3 is 0 Å². The van der Waals surface area contributed by atoms with E-state index in [9.17, 15) is 4.79 Å². The third-order valence-electron chi connectivity index (χ3n) is 7.33. The van der Waals surface area contributed by atoms with E-state index in [1.54, 1.807) is 0 Å². The van der Waals surface area contributed by atoms with Gasteiger partial charge in [0.2, 0.25) is 0 Å². The van der Waals surface area contributed by atoms with Gasteiger partial charge in [-0.25, -0.2) is 0 Å². The molecule has 3 aliphatic rings. The van der Waals surface area contributed by atoms with Crippen molar-refractivity contribution in [3.8, 4) is 0 Å². The number of amides is 1. The Morgan fingerprint density at radius 1 is 1.18 bits per heavy atom. The quantitative estimate of drug-likeness (QED) is 0.537. The van der Waals surface area contributed by atoms with Crippen molar-refractivity contribution in [2.45, 2.75) is 59.8 Å². The molecule has 2 saturated carbocycles. The highest BCUT2D eigenvalue weighted by Crippen LogP contribution is 2.64. The fourth-order valence-corrected chi connectivity index (χ4v) is 5.56. The van der Waals surface area contributed by atoms with E-state index < -0.39 is 0 Å². The van der Waals surface area contributed by atoms with Crippen molar-refractivity contribution in [3.63, 3.8) is 0 Å². The molecule has 148 valence electrons. The Bertz CT molecular complexity index is 895. The number of nitrogens with one attached hydrogen (secondary N) is 1. The SMILES string of the molecule is CC(C)c1ccc(/C=C2/SC(=NN=C3C[C@H]4CC[C@@]3(C)C4(C)C)NC2=O)cc1. The van der Waals surface area contributed by atoms with Gasteiger partial charge in [0.1, 0.15) is 0 Å². The van der Waals surface area contributed by atoms with E-state index in [2.05, 4.69) is 74.4 Å². The predicted molar refractivity (Wildman–Crippen MR) is 118 cm³/mol. The molecule has 2 bridgehead atoms. The third-order valence-corrected chi connectivity index (χ3v) is 8.23. The number of hydrogen-bond acceptors (Lipinski definition) is 4. The minimum atomic E-state index is -0.101. The summed E-state index contributed by atoms with van der Waals surface area (Å²) in [5.74, 6) is 1.10. The number of amidine groups is 1. The molecule has 1 N–H and O–H groups in total. The number of benzene rings is 1. The molecule has 1 aromatic rings. The van der Waals surface area contributed by atoms with Crippen molar-refractivity contribution < 1.29 is 4.79 Å². The first-order chi connectivity index (χ1) is 13.2. The molecular weight excluding hydrogens is 366 g/mol. The van der Waals surface area contributed by atoms with Gasteiger partial charge in [-0.2, -0.15) is 5.10 Å². The van der Waals surface area contributed by atoms with Crippen molar-refractivity contribution >= 4 is 34.6 Å². The van der Waals surface area contributed by atoms with Gasteiger partial charge in [0.05, 0.1) is 4.91 Å². The van der Waals surface area contributed by atoms with Gasteiger partial charge in [0.25, 0.3) is 5.91 Å². The topological polar surface area (TPSA) is 53.8 Å². The summed E-state index contributed by atoms with van der Waals surface area (Å²) in [6, 6.07) is 8.35. The van der Waals surface area contributed by atoms with Gasteiger partial charge in [0.15, 0.2) is 5.17 Å². The Morgan fingerprint density at radius 2 is 1.89 bits per heavy atom. The number of thioether (sulfide) groups is 1. The summed E-state index contributed by atoms with van der Waals surface area (Å²) in [5.41, 5.74) is 3.93. The minimum Gasteiger partial charge on any atom is -0.299 e. The Morgan fingerprint density at radius 3 is 2.46 bits per heavy atom. The van der Waals surface area contributed by atoms with E-state index in [0.717, 1.165) is 12.0 Å². The normalized spacial score (nSPS) is 32.9. The molecule has 2 atom stereocenters. The summed E-state index contributed by atoms with van der Waals surface area (Å²) in [6.45, 7) is 11.4. The molecule has 1 aliphatic heterocycles. The molecule has 28 heavy (non-hydrogen) atoms.